The first kappa shape index (κ1) is 15.0. The molecule has 0 saturated heterocycles. The van der Waals surface area contributed by atoms with Crippen molar-refractivity contribution in [2.24, 2.45) is 0 Å². The molecule has 110 valence electrons. The van der Waals surface area contributed by atoms with Crippen molar-refractivity contribution in [2.75, 3.05) is 18.9 Å². The van der Waals surface area contributed by atoms with E-state index in [0.717, 1.165) is 17.9 Å². The number of benzene rings is 1. The summed E-state index contributed by atoms with van der Waals surface area (Å²) in [5.41, 5.74) is 1.26. The molecule has 0 atom stereocenters. The topological polar surface area (TPSA) is 45.2 Å². The molecule has 4 nitrogen and oxygen atoms in total. The SMILES string of the molecule is CCNc1ccc(C(=O)N(C)Cc2cccc(F)c2)cn1. The number of rotatable bonds is 5. The van der Waals surface area contributed by atoms with Crippen LogP contribution in [0.5, 0.6) is 0 Å². The van der Waals surface area contributed by atoms with Gasteiger partial charge in [-0.25, -0.2) is 9.37 Å². The summed E-state index contributed by atoms with van der Waals surface area (Å²) in [6, 6.07) is 9.74. The van der Waals surface area contributed by atoms with Crippen LogP contribution in [0.3, 0.4) is 0 Å². The van der Waals surface area contributed by atoms with E-state index in [1.807, 2.05) is 6.92 Å². The quantitative estimate of drug-likeness (QED) is 0.919. The number of carbonyl (C=O) groups is 1. The summed E-state index contributed by atoms with van der Waals surface area (Å²) in [4.78, 5) is 18.0. The molecule has 0 aliphatic heterocycles. The number of nitrogens with one attached hydrogen (secondary N) is 1. The molecule has 0 aliphatic carbocycles. The largest absolute Gasteiger partial charge is 0.370 e. The Hall–Kier alpha value is -2.43. The second-order valence-electron chi connectivity index (χ2n) is 4.75. The van der Waals surface area contributed by atoms with Crippen molar-refractivity contribution < 1.29 is 9.18 Å². The van der Waals surface area contributed by atoms with E-state index in [2.05, 4.69) is 10.3 Å². The Balaban J connectivity index is 2.04. The number of anilines is 1. The van der Waals surface area contributed by atoms with E-state index in [1.165, 1.54) is 12.1 Å². The second kappa shape index (κ2) is 6.83. The Morgan fingerprint density at radius 3 is 2.76 bits per heavy atom. The molecular weight excluding hydrogens is 269 g/mol. The lowest BCUT2D eigenvalue weighted by atomic mass is 10.2. The van der Waals surface area contributed by atoms with Gasteiger partial charge in [0.2, 0.25) is 0 Å². The van der Waals surface area contributed by atoms with Crippen LogP contribution in [0.2, 0.25) is 0 Å². The third-order valence-corrected chi connectivity index (χ3v) is 3.02. The van der Waals surface area contributed by atoms with Crippen molar-refractivity contribution in [3.8, 4) is 0 Å². The van der Waals surface area contributed by atoms with Gasteiger partial charge in [-0.2, -0.15) is 0 Å². The van der Waals surface area contributed by atoms with Crippen LogP contribution in [-0.4, -0.2) is 29.4 Å². The van der Waals surface area contributed by atoms with Crippen LogP contribution in [-0.2, 0) is 6.54 Å². The highest BCUT2D eigenvalue weighted by atomic mass is 19.1. The van der Waals surface area contributed by atoms with Gasteiger partial charge in [-0.3, -0.25) is 4.79 Å². The summed E-state index contributed by atoms with van der Waals surface area (Å²) in [5.74, 6) is 0.293. The van der Waals surface area contributed by atoms with E-state index in [0.29, 0.717) is 12.1 Å². The summed E-state index contributed by atoms with van der Waals surface area (Å²) < 4.78 is 13.1. The number of halogens is 1. The van der Waals surface area contributed by atoms with E-state index >= 15 is 0 Å². The van der Waals surface area contributed by atoms with Crippen LogP contribution in [0, 0.1) is 5.82 Å². The second-order valence-corrected chi connectivity index (χ2v) is 4.75. The lowest BCUT2D eigenvalue weighted by Gasteiger charge is -2.17. The Kier molecular flexibility index (Phi) is 4.87. The van der Waals surface area contributed by atoms with Crippen molar-refractivity contribution in [3.05, 3.63) is 59.5 Å². The van der Waals surface area contributed by atoms with Crippen LogP contribution in [0.25, 0.3) is 0 Å². The highest BCUT2D eigenvalue weighted by molar-refractivity contribution is 5.93. The van der Waals surface area contributed by atoms with Gasteiger partial charge in [0.1, 0.15) is 11.6 Å². The zero-order valence-electron chi connectivity index (χ0n) is 12.1. The number of carbonyl (C=O) groups excluding carboxylic acids is 1. The number of hydrogen-bond donors (Lipinski definition) is 1. The fraction of sp³-hybridized carbons (Fsp3) is 0.250. The number of amides is 1. The van der Waals surface area contributed by atoms with Gasteiger partial charge in [0.05, 0.1) is 5.56 Å². The average Bonchev–Trinajstić information content (AvgIpc) is 2.47. The Bertz CT molecular complexity index is 613. The number of pyridine rings is 1. The molecule has 1 N–H and O–H groups in total. The van der Waals surface area contributed by atoms with E-state index < -0.39 is 0 Å². The minimum absolute atomic E-state index is 0.144. The number of aromatic nitrogens is 1. The molecule has 5 heteroatoms. The van der Waals surface area contributed by atoms with E-state index in [9.17, 15) is 9.18 Å². The molecular formula is C16H18FN3O. The zero-order chi connectivity index (χ0) is 15.2. The molecule has 1 aromatic heterocycles. The Labute approximate surface area is 123 Å². The fourth-order valence-electron chi connectivity index (χ4n) is 2.01. The molecule has 2 aromatic rings. The molecule has 0 fully saturated rings. The predicted molar refractivity (Wildman–Crippen MR) is 80.6 cm³/mol. The van der Waals surface area contributed by atoms with Crippen molar-refractivity contribution in [3.63, 3.8) is 0 Å². The van der Waals surface area contributed by atoms with Crippen molar-refractivity contribution in [2.45, 2.75) is 13.5 Å². The van der Waals surface area contributed by atoms with Gasteiger partial charge in [-0.15, -0.1) is 0 Å². The number of nitrogens with zero attached hydrogens (tertiary/aromatic N) is 2. The van der Waals surface area contributed by atoms with Crippen molar-refractivity contribution in [1.29, 1.82) is 0 Å². The third kappa shape index (κ3) is 4.02. The molecule has 0 spiro atoms. The Morgan fingerprint density at radius 1 is 1.33 bits per heavy atom. The maximum Gasteiger partial charge on any atom is 0.255 e. The highest BCUT2D eigenvalue weighted by Gasteiger charge is 2.12. The first-order chi connectivity index (χ1) is 10.1. The molecule has 0 aliphatic rings. The summed E-state index contributed by atoms with van der Waals surface area (Å²) in [6.07, 6.45) is 1.54. The zero-order valence-corrected chi connectivity index (χ0v) is 12.1. The maximum atomic E-state index is 13.1. The van der Waals surface area contributed by atoms with Crippen molar-refractivity contribution >= 4 is 11.7 Å². The molecule has 1 heterocycles. The van der Waals surface area contributed by atoms with Gasteiger partial charge in [0.25, 0.3) is 5.91 Å². The monoisotopic (exact) mass is 287 g/mol. The first-order valence-corrected chi connectivity index (χ1v) is 6.80. The fourth-order valence-corrected chi connectivity index (χ4v) is 2.01. The summed E-state index contributed by atoms with van der Waals surface area (Å²) in [5, 5.41) is 3.07. The van der Waals surface area contributed by atoms with Gasteiger partial charge in [0, 0.05) is 26.3 Å². The molecule has 21 heavy (non-hydrogen) atoms. The minimum atomic E-state index is -0.301. The summed E-state index contributed by atoms with van der Waals surface area (Å²) >= 11 is 0. The molecule has 0 bridgehead atoms. The van der Waals surface area contributed by atoms with Crippen LogP contribution in [0.15, 0.2) is 42.6 Å². The highest BCUT2D eigenvalue weighted by Crippen LogP contribution is 2.11. The van der Waals surface area contributed by atoms with Gasteiger partial charge in [-0.1, -0.05) is 12.1 Å². The smallest absolute Gasteiger partial charge is 0.255 e. The maximum absolute atomic E-state index is 13.1. The van der Waals surface area contributed by atoms with E-state index in [1.54, 1.807) is 42.4 Å². The third-order valence-electron chi connectivity index (χ3n) is 3.02. The van der Waals surface area contributed by atoms with Gasteiger partial charge in [-0.05, 0) is 36.8 Å². The summed E-state index contributed by atoms with van der Waals surface area (Å²) in [6.45, 7) is 3.11. The van der Waals surface area contributed by atoms with Crippen LogP contribution < -0.4 is 5.32 Å². The lowest BCUT2D eigenvalue weighted by Crippen LogP contribution is -2.26. The van der Waals surface area contributed by atoms with Crippen molar-refractivity contribution in [1.82, 2.24) is 9.88 Å². The molecule has 2 rings (SSSR count). The Morgan fingerprint density at radius 2 is 2.14 bits per heavy atom. The normalized spacial score (nSPS) is 10.2. The van der Waals surface area contributed by atoms with Gasteiger partial charge >= 0.3 is 0 Å². The van der Waals surface area contributed by atoms with Crippen LogP contribution >= 0.6 is 0 Å². The first-order valence-electron chi connectivity index (χ1n) is 6.80. The minimum Gasteiger partial charge on any atom is -0.370 e. The number of hydrogen-bond acceptors (Lipinski definition) is 3. The standard InChI is InChI=1S/C16H18FN3O/c1-3-18-15-8-7-13(10-19-15)16(21)20(2)11-12-5-4-6-14(17)9-12/h4-10H,3,11H2,1-2H3,(H,18,19). The van der Waals surface area contributed by atoms with E-state index in [-0.39, 0.29) is 11.7 Å². The van der Waals surface area contributed by atoms with Gasteiger partial charge < -0.3 is 10.2 Å². The average molecular weight is 287 g/mol. The molecule has 1 aromatic carbocycles. The lowest BCUT2D eigenvalue weighted by molar-refractivity contribution is 0.0784. The van der Waals surface area contributed by atoms with E-state index in [4.69, 9.17) is 0 Å². The predicted octanol–water partition coefficient (Wildman–Crippen LogP) is 2.92. The molecule has 0 radical (unpaired) electrons. The van der Waals surface area contributed by atoms with Crippen LogP contribution in [0.1, 0.15) is 22.8 Å². The molecule has 1 amide bonds. The molecule has 0 unspecified atom stereocenters. The van der Waals surface area contributed by atoms with Crippen LogP contribution in [0.4, 0.5) is 10.2 Å². The van der Waals surface area contributed by atoms with Gasteiger partial charge in [0.15, 0.2) is 0 Å². The molecule has 0 saturated carbocycles. The summed E-state index contributed by atoms with van der Waals surface area (Å²) in [7, 11) is 1.69.